The van der Waals surface area contributed by atoms with E-state index in [9.17, 15) is 9.59 Å². The highest BCUT2D eigenvalue weighted by atomic mass is 16.6. The van der Waals surface area contributed by atoms with Crippen LogP contribution in [0.4, 0.5) is 4.79 Å². The normalized spacial score (nSPS) is 25.9. The second-order valence-corrected chi connectivity index (χ2v) is 6.47. The Hall–Kier alpha value is -1.06. The molecule has 1 amide bonds. The van der Waals surface area contributed by atoms with Crippen molar-refractivity contribution >= 4 is 11.9 Å². The molecule has 1 aliphatic carbocycles. The highest BCUT2D eigenvalue weighted by Crippen LogP contribution is 2.32. The molecule has 0 radical (unpaired) electrons. The molecule has 1 aliphatic rings. The van der Waals surface area contributed by atoms with E-state index in [-0.39, 0.29) is 12.1 Å². The number of amides is 1. The average molecular weight is 255 g/mol. The fraction of sp³-hybridized carbons (Fsp3) is 0.857. The van der Waals surface area contributed by atoms with Crippen LogP contribution in [0.5, 0.6) is 0 Å². The van der Waals surface area contributed by atoms with Crippen LogP contribution in [0.15, 0.2) is 0 Å². The molecule has 104 valence electrons. The van der Waals surface area contributed by atoms with Gasteiger partial charge in [0.1, 0.15) is 11.4 Å². The minimum Gasteiger partial charge on any atom is -0.444 e. The predicted octanol–water partition coefficient (Wildman–Crippen LogP) is 2.90. The predicted molar refractivity (Wildman–Crippen MR) is 70.3 cm³/mol. The number of carbonyl (C=O) groups is 2. The molecule has 1 rings (SSSR count). The maximum Gasteiger partial charge on any atom is 0.407 e. The summed E-state index contributed by atoms with van der Waals surface area (Å²) in [5, 5.41) is 2.83. The molecular weight excluding hydrogens is 230 g/mol. The minimum absolute atomic E-state index is 0.0400. The van der Waals surface area contributed by atoms with Gasteiger partial charge < -0.3 is 10.1 Å². The first-order chi connectivity index (χ1) is 8.17. The van der Waals surface area contributed by atoms with Crippen LogP contribution in [0.25, 0.3) is 0 Å². The molecule has 1 saturated carbocycles. The van der Waals surface area contributed by atoms with Crippen LogP contribution in [0.2, 0.25) is 0 Å². The molecule has 0 aromatic carbocycles. The highest BCUT2D eigenvalue weighted by Gasteiger charge is 2.31. The van der Waals surface area contributed by atoms with Gasteiger partial charge in [-0.2, -0.15) is 0 Å². The third-order valence-electron chi connectivity index (χ3n) is 3.26. The van der Waals surface area contributed by atoms with Gasteiger partial charge in [0, 0.05) is 18.9 Å². The van der Waals surface area contributed by atoms with Gasteiger partial charge in [-0.1, -0.05) is 6.92 Å². The summed E-state index contributed by atoms with van der Waals surface area (Å²) in [5.41, 5.74) is -0.472. The first-order valence-corrected chi connectivity index (χ1v) is 6.68. The molecule has 1 N–H and O–H groups in total. The van der Waals surface area contributed by atoms with Gasteiger partial charge in [0.2, 0.25) is 0 Å². The molecular formula is C14H25NO3. The Morgan fingerprint density at radius 1 is 1.44 bits per heavy atom. The number of alkyl carbamates (subject to hydrolysis) is 1. The van der Waals surface area contributed by atoms with Crippen molar-refractivity contribution in [2.45, 2.75) is 65.5 Å². The Labute approximate surface area is 109 Å². The summed E-state index contributed by atoms with van der Waals surface area (Å²) < 4.78 is 5.20. The smallest absolute Gasteiger partial charge is 0.407 e. The van der Waals surface area contributed by atoms with Gasteiger partial charge in [-0.15, -0.1) is 0 Å². The van der Waals surface area contributed by atoms with Gasteiger partial charge in [-0.05, 0) is 46.0 Å². The summed E-state index contributed by atoms with van der Waals surface area (Å²) in [5.74, 6) is 1.17. The minimum atomic E-state index is -0.472. The SMILES string of the molecule is CC(CC1CC(=O)C[C@@H]1C)NC(=O)OC(C)(C)C. The van der Waals surface area contributed by atoms with Gasteiger partial charge in [0.05, 0.1) is 0 Å². The van der Waals surface area contributed by atoms with E-state index >= 15 is 0 Å². The Morgan fingerprint density at radius 3 is 2.50 bits per heavy atom. The molecule has 0 heterocycles. The van der Waals surface area contributed by atoms with Crippen LogP contribution in [-0.4, -0.2) is 23.5 Å². The largest absolute Gasteiger partial charge is 0.444 e. The molecule has 0 saturated heterocycles. The fourth-order valence-corrected chi connectivity index (χ4v) is 2.44. The molecule has 0 aromatic rings. The summed E-state index contributed by atoms with van der Waals surface area (Å²) in [4.78, 5) is 22.9. The Kier molecular flexibility index (Phi) is 4.77. The van der Waals surface area contributed by atoms with E-state index in [2.05, 4.69) is 12.2 Å². The molecule has 0 aromatic heterocycles. The number of ketones is 1. The second kappa shape index (κ2) is 5.72. The van der Waals surface area contributed by atoms with E-state index in [1.54, 1.807) is 0 Å². The van der Waals surface area contributed by atoms with E-state index in [0.29, 0.717) is 30.5 Å². The molecule has 18 heavy (non-hydrogen) atoms. The topological polar surface area (TPSA) is 55.4 Å². The first-order valence-electron chi connectivity index (χ1n) is 6.68. The Balaban J connectivity index is 2.35. The summed E-state index contributed by atoms with van der Waals surface area (Å²) in [6, 6.07) is 0.0400. The van der Waals surface area contributed by atoms with Crippen molar-refractivity contribution in [2.24, 2.45) is 11.8 Å². The number of Topliss-reactive ketones (excluding diaryl/α,β-unsaturated/α-hetero) is 1. The number of carbonyl (C=O) groups excluding carboxylic acids is 2. The quantitative estimate of drug-likeness (QED) is 0.843. The average Bonchev–Trinajstić information content (AvgIpc) is 2.40. The number of hydrogen-bond acceptors (Lipinski definition) is 3. The zero-order valence-electron chi connectivity index (χ0n) is 12.1. The Morgan fingerprint density at radius 2 is 2.06 bits per heavy atom. The van der Waals surface area contributed by atoms with E-state index in [1.165, 1.54) is 0 Å². The van der Waals surface area contributed by atoms with Gasteiger partial charge >= 0.3 is 6.09 Å². The van der Waals surface area contributed by atoms with E-state index in [4.69, 9.17) is 4.74 Å². The fourth-order valence-electron chi connectivity index (χ4n) is 2.44. The van der Waals surface area contributed by atoms with Crippen LogP contribution < -0.4 is 5.32 Å². The van der Waals surface area contributed by atoms with Crippen LogP contribution >= 0.6 is 0 Å². The van der Waals surface area contributed by atoms with E-state index < -0.39 is 5.60 Å². The van der Waals surface area contributed by atoms with Gasteiger partial charge in [-0.3, -0.25) is 4.79 Å². The zero-order chi connectivity index (χ0) is 13.9. The zero-order valence-corrected chi connectivity index (χ0v) is 12.1. The molecule has 0 aliphatic heterocycles. The van der Waals surface area contributed by atoms with Crippen LogP contribution in [0.1, 0.15) is 53.9 Å². The Bertz CT molecular complexity index is 319. The van der Waals surface area contributed by atoms with Crippen molar-refractivity contribution in [3.8, 4) is 0 Å². The highest BCUT2D eigenvalue weighted by molar-refractivity contribution is 5.81. The lowest BCUT2D eigenvalue weighted by Gasteiger charge is -2.24. The second-order valence-electron chi connectivity index (χ2n) is 6.47. The molecule has 1 fully saturated rings. The van der Waals surface area contributed by atoms with Crippen molar-refractivity contribution in [1.82, 2.24) is 5.32 Å². The standard InChI is InChI=1S/C14H25NO3/c1-9-6-12(16)8-11(9)7-10(2)15-13(17)18-14(3,4)5/h9-11H,6-8H2,1-5H3,(H,15,17)/t9-,10?,11?/m0/s1. The maximum absolute atomic E-state index is 11.6. The summed E-state index contributed by atoms with van der Waals surface area (Å²) in [6.07, 6.45) is 1.80. The van der Waals surface area contributed by atoms with Gasteiger partial charge in [0.25, 0.3) is 0 Å². The van der Waals surface area contributed by atoms with Crippen molar-refractivity contribution in [3.05, 3.63) is 0 Å². The van der Waals surface area contributed by atoms with Crippen molar-refractivity contribution in [3.63, 3.8) is 0 Å². The molecule has 2 unspecified atom stereocenters. The molecule has 4 heteroatoms. The third kappa shape index (κ3) is 5.07. The van der Waals surface area contributed by atoms with Crippen LogP contribution in [0, 0.1) is 11.8 Å². The lowest BCUT2D eigenvalue weighted by Crippen LogP contribution is -2.38. The maximum atomic E-state index is 11.6. The number of ether oxygens (including phenoxy) is 1. The lowest BCUT2D eigenvalue weighted by molar-refractivity contribution is -0.117. The molecule has 0 spiro atoms. The summed E-state index contributed by atoms with van der Waals surface area (Å²) in [7, 11) is 0. The van der Waals surface area contributed by atoms with Crippen LogP contribution in [-0.2, 0) is 9.53 Å². The van der Waals surface area contributed by atoms with Crippen molar-refractivity contribution in [2.75, 3.05) is 0 Å². The molecule has 0 bridgehead atoms. The molecule has 3 atom stereocenters. The molecule has 4 nitrogen and oxygen atoms in total. The van der Waals surface area contributed by atoms with E-state index in [1.807, 2.05) is 27.7 Å². The third-order valence-corrected chi connectivity index (χ3v) is 3.26. The van der Waals surface area contributed by atoms with Crippen molar-refractivity contribution in [1.29, 1.82) is 0 Å². The summed E-state index contributed by atoms with van der Waals surface area (Å²) >= 11 is 0. The lowest BCUT2D eigenvalue weighted by atomic mass is 9.92. The van der Waals surface area contributed by atoms with E-state index in [0.717, 1.165) is 6.42 Å². The van der Waals surface area contributed by atoms with Gasteiger partial charge in [0.15, 0.2) is 0 Å². The number of nitrogens with one attached hydrogen (secondary N) is 1. The monoisotopic (exact) mass is 255 g/mol. The van der Waals surface area contributed by atoms with Gasteiger partial charge in [-0.25, -0.2) is 4.79 Å². The van der Waals surface area contributed by atoms with Crippen molar-refractivity contribution < 1.29 is 14.3 Å². The summed E-state index contributed by atoms with van der Waals surface area (Å²) in [6.45, 7) is 9.59. The number of rotatable bonds is 3. The first kappa shape index (κ1) is 15.0. The number of hydrogen-bond donors (Lipinski definition) is 1. The van der Waals surface area contributed by atoms with Crippen LogP contribution in [0.3, 0.4) is 0 Å².